The number of benzene rings is 2. The van der Waals surface area contributed by atoms with Crippen LogP contribution in [-0.4, -0.2) is 40.4 Å². The first-order valence-corrected chi connectivity index (χ1v) is 31.0. The Morgan fingerprint density at radius 2 is 0.590 bits per heavy atom. The predicted octanol–water partition coefficient (Wildman–Crippen LogP) is 9.23. The molecule has 0 radical (unpaired) electrons. The first-order valence-electron chi connectivity index (χ1n) is 14.9. The molecule has 0 aromatic heterocycles. The average Bonchev–Trinajstić information content (AvgIpc) is 3.47. The van der Waals surface area contributed by atoms with Gasteiger partial charge in [-0.15, -0.1) is 0 Å². The second-order valence-corrected chi connectivity index (χ2v) is 40.4. The van der Waals surface area contributed by atoms with Gasteiger partial charge < -0.3 is 0 Å². The Morgan fingerprint density at radius 3 is 0.795 bits per heavy atom. The lowest BCUT2D eigenvalue weighted by molar-refractivity contribution is 1.20. The van der Waals surface area contributed by atoms with Crippen LogP contribution in [0.3, 0.4) is 0 Å². The van der Waals surface area contributed by atoms with E-state index in [1.54, 1.807) is 31.2 Å². The highest BCUT2D eigenvalue weighted by molar-refractivity contribution is 7.06. The summed E-state index contributed by atoms with van der Waals surface area (Å²) in [7, 11) is -8.43. The third-order valence-electron chi connectivity index (χ3n) is 8.75. The molecule has 0 aliphatic heterocycles. The van der Waals surface area contributed by atoms with E-state index in [1.165, 1.54) is 0 Å². The first kappa shape index (κ1) is 30.4. The monoisotopic (exact) mass is 600 g/mol. The van der Waals surface area contributed by atoms with Gasteiger partial charge in [0.2, 0.25) is 0 Å². The molecule has 0 spiro atoms. The van der Waals surface area contributed by atoms with Gasteiger partial charge in [-0.05, 0) is 11.1 Å². The van der Waals surface area contributed by atoms with Gasteiger partial charge in [0, 0.05) is 0 Å². The SMILES string of the molecule is C[Si](C)(C)C1=CC([Si](c2ccccc2)(c2ccccc2)C2C=C([Si](C)(C)C)C([Si](C)(C)C)=C2)C=C1[Si](C)(C)C. The molecule has 0 atom stereocenters. The molecule has 0 saturated heterocycles. The van der Waals surface area contributed by atoms with Gasteiger partial charge in [0.15, 0.2) is 0 Å². The van der Waals surface area contributed by atoms with Gasteiger partial charge in [0.25, 0.3) is 0 Å². The zero-order chi connectivity index (χ0) is 29.0. The van der Waals surface area contributed by atoms with E-state index in [0.29, 0.717) is 11.1 Å². The molecule has 0 amide bonds. The van der Waals surface area contributed by atoms with Crippen molar-refractivity contribution in [1.82, 2.24) is 0 Å². The van der Waals surface area contributed by atoms with Gasteiger partial charge in [-0.25, -0.2) is 0 Å². The van der Waals surface area contributed by atoms with E-state index in [-0.39, 0.29) is 0 Å². The molecule has 0 heterocycles. The highest BCUT2D eigenvalue weighted by atomic mass is 28.3. The highest BCUT2D eigenvalue weighted by Crippen LogP contribution is 2.50. The van der Waals surface area contributed by atoms with E-state index in [2.05, 4.69) is 164 Å². The summed E-state index contributed by atoms with van der Waals surface area (Å²) in [6, 6.07) is 23.5. The first-order chi connectivity index (χ1) is 17.9. The minimum absolute atomic E-state index is 0.465. The lowest BCUT2D eigenvalue weighted by Gasteiger charge is -2.41. The van der Waals surface area contributed by atoms with Crippen molar-refractivity contribution in [2.45, 2.75) is 89.6 Å². The van der Waals surface area contributed by atoms with Crippen molar-refractivity contribution in [2.24, 2.45) is 0 Å². The zero-order valence-electron chi connectivity index (χ0n) is 26.7. The third kappa shape index (κ3) is 5.80. The predicted molar refractivity (Wildman–Crippen MR) is 191 cm³/mol. The van der Waals surface area contributed by atoms with Crippen LogP contribution in [-0.2, 0) is 0 Å². The molecule has 208 valence electrons. The smallest absolute Gasteiger partial charge is 0.0805 e. The van der Waals surface area contributed by atoms with E-state index < -0.39 is 40.4 Å². The van der Waals surface area contributed by atoms with Crippen LogP contribution in [0.15, 0.2) is 106 Å². The topological polar surface area (TPSA) is 0 Å². The van der Waals surface area contributed by atoms with Crippen molar-refractivity contribution in [3.8, 4) is 0 Å². The maximum absolute atomic E-state index is 2.81. The second kappa shape index (κ2) is 10.4. The van der Waals surface area contributed by atoms with Crippen molar-refractivity contribution < 1.29 is 0 Å². The standard InChI is InChI=1S/C34H52Si5/c1-35(2,3)31-23-29(24-32(31)36(4,5)6)39(27-19-15-13-16-20-27,28-21-17-14-18-22-28)30-25-33(37(7,8)9)34(26-30)38(10,11)12/h13-26,29-30H,1-12H3. The maximum Gasteiger partial charge on any atom is 0.138 e. The Balaban J connectivity index is 2.14. The van der Waals surface area contributed by atoms with Crippen molar-refractivity contribution in [3.63, 3.8) is 0 Å². The van der Waals surface area contributed by atoms with Gasteiger partial charge in [-0.1, -0.05) is 195 Å². The molecule has 4 rings (SSSR count). The number of rotatable bonds is 8. The van der Waals surface area contributed by atoms with Crippen LogP contribution in [0, 0.1) is 0 Å². The molecule has 2 aromatic carbocycles. The van der Waals surface area contributed by atoms with Crippen molar-refractivity contribution in [2.75, 3.05) is 0 Å². The van der Waals surface area contributed by atoms with Crippen molar-refractivity contribution >= 4 is 50.7 Å². The summed E-state index contributed by atoms with van der Waals surface area (Å²) in [4.78, 5) is 0. The van der Waals surface area contributed by atoms with Crippen LogP contribution < -0.4 is 10.4 Å². The molecule has 0 N–H and O–H groups in total. The number of allylic oxidation sites excluding steroid dienone is 8. The van der Waals surface area contributed by atoms with Gasteiger partial charge in [-0.2, -0.15) is 0 Å². The molecule has 2 aliphatic rings. The molecule has 0 fully saturated rings. The molecule has 0 unspecified atom stereocenters. The number of hydrogen-bond donors (Lipinski definition) is 0. The fraction of sp³-hybridized carbons (Fsp3) is 0.412. The minimum Gasteiger partial charge on any atom is -0.0805 e. The largest absolute Gasteiger partial charge is 0.138 e. The van der Waals surface area contributed by atoms with Crippen molar-refractivity contribution in [1.29, 1.82) is 0 Å². The third-order valence-corrected chi connectivity index (χ3v) is 22.8. The Labute approximate surface area is 245 Å². The molecule has 0 nitrogen and oxygen atoms in total. The Bertz CT molecular complexity index is 1150. The number of hydrogen-bond acceptors (Lipinski definition) is 0. The van der Waals surface area contributed by atoms with E-state index in [0.717, 1.165) is 0 Å². The van der Waals surface area contributed by atoms with Gasteiger partial charge in [-0.3, -0.25) is 0 Å². The Morgan fingerprint density at radius 1 is 0.359 bits per heavy atom. The summed E-state index contributed by atoms with van der Waals surface area (Å²) in [6.07, 6.45) is 11.3. The van der Waals surface area contributed by atoms with E-state index in [9.17, 15) is 0 Å². The highest BCUT2D eigenvalue weighted by Gasteiger charge is 2.53. The summed E-state index contributed by atoms with van der Waals surface area (Å²) in [6.45, 7) is 30.7. The second-order valence-electron chi connectivity index (χ2n) is 16.0. The van der Waals surface area contributed by atoms with Crippen LogP contribution in [0.2, 0.25) is 89.6 Å². The molecule has 0 saturated carbocycles. The van der Waals surface area contributed by atoms with Gasteiger partial charge in [0.1, 0.15) is 8.07 Å². The quantitative estimate of drug-likeness (QED) is 0.265. The molecule has 5 heteroatoms. The summed E-state index contributed by atoms with van der Waals surface area (Å²) in [5, 5.41) is 10.2. The van der Waals surface area contributed by atoms with Crippen molar-refractivity contribution in [3.05, 3.63) is 106 Å². The molecule has 2 aliphatic carbocycles. The van der Waals surface area contributed by atoms with Crippen LogP contribution >= 0.6 is 0 Å². The summed E-state index contributed by atoms with van der Waals surface area (Å²) < 4.78 is 0. The van der Waals surface area contributed by atoms with E-state index in [4.69, 9.17) is 0 Å². The molecule has 2 aromatic rings. The molecule has 39 heavy (non-hydrogen) atoms. The zero-order valence-corrected chi connectivity index (χ0v) is 31.7. The van der Waals surface area contributed by atoms with Gasteiger partial charge in [0.05, 0.1) is 32.3 Å². The summed E-state index contributed by atoms with van der Waals surface area (Å²) in [5.41, 5.74) is 0.930. The lowest BCUT2D eigenvalue weighted by Crippen LogP contribution is -2.63. The summed E-state index contributed by atoms with van der Waals surface area (Å²) >= 11 is 0. The Kier molecular flexibility index (Phi) is 8.11. The van der Waals surface area contributed by atoms with E-state index in [1.807, 2.05) is 0 Å². The van der Waals surface area contributed by atoms with Crippen LogP contribution in [0.25, 0.3) is 0 Å². The van der Waals surface area contributed by atoms with Crippen LogP contribution in [0.1, 0.15) is 0 Å². The molecule has 0 bridgehead atoms. The maximum atomic E-state index is 2.81. The minimum atomic E-state index is -2.38. The molecular weight excluding hydrogens is 549 g/mol. The van der Waals surface area contributed by atoms with Crippen LogP contribution in [0.4, 0.5) is 0 Å². The average molecular weight is 601 g/mol. The lowest BCUT2D eigenvalue weighted by atomic mass is 10.3. The fourth-order valence-electron chi connectivity index (χ4n) is 6.90. The summed E-state index contributed by atoms with van der Waals surface area (Å²) in [5.74, 6) is 0. The molecular formula is C34H52Si5. The normalized spacial score (nSPS) is 18.2. The van der Waals surface area contributed by atoms with E-state index >= 15 is 0 Å². The Hall–Kier alpha value is -1.52. The van der Waals surface area contributed by atoms with Gasteiger partial charge >= 0.3 is 0 Å². The van der Waals surface area contributed by atoms with Crippen LogP contribution in [0.5, 0.6) is 0 Å². The fourth-order valence-corrected chi connectivity index (χ4v) is 23.9.